The number of carbonyl (C=O) groups is 2. The molecule has 0 bridgehead atoms. The molecular weight excluding hydrogens is 390 g/mol. The van der Waals surface area contributed by atoms with Crippen molar-refractivity contribution in [2.45, 2.75) is 45.3 Å². The van der Waals surface area contributed by atoms with Gasteiger partial charge in [0.05, 0.1) is 12.2 Å². The molecule has 3 heterocycles. The number of carbonyl (C=O) groups excluding carboxylic acids is 2. The first-order valence-electron chi connectivity index (χ1n) is 9.87. The molecule has 1 unspecified atom stereocenters. The third-order valence-corrected chi connectivity index (χ3v) is 6.11. The molecule has 0 saturated carbocycles. The number of rotatable bonds is 8. The minimum atomic E-state index is -0.577. The summed E-state index contributed by atoms with van der Waals surface area (Å²) in [7, 11) is 1.56. The summed E-state index contributed by atoms with van der Waals surface area (Å²) in [6, 6.07) is 4.35. The average molecular weight is 418 g/mol. The van der Waals surface area contributed by atoms with Crippen LogP contribution in [-0.2, 0) is 29.0 Å². The Labute approximate surface area is 174 Å². The lowest BCUT2D eigenvalue weighted by Crippen LogP contribution is -2.49. The highest BCUT2D eigenvalue weighted by atomic mass is 32.1. The van der Waals surface area contributed by atoms with E-state index in [1.165, 1.54) is 33.3 Å². The molecule has 2 aromatic rings. The maximum Gasteiger partial charge on any atom is 0.253 e. The molecule has 0 radical (unpaired) electrons. The highest BCUT2D eigenvalue weighted by molar-refractivity contribution is 7.10. The Morgan fingerprint density at radius 2 is 2.14 bits per heavy atom. The fraction of sp³-hybridized carbons (Fsp3) is 0.476. The van der Waals surface area contributed by atoms with E-state index in [-0.39, 0.29) is 17.4 Å². The summed E-state index contributed by atoms with van der Waals surface area (Å²) in [5, 5.41) is 4.94. The van der Waals surface area contributed by atoms with Gasteiger partial charge in [-0.05, 0) is 35.9 Å². The van der Waals surface area contributed by atoms with Crippen LogP contribution < -0.4 is 10.9 Å². The molecule has 156 valence electrons. The van der Waals surface area contributed by atoms with Crippen molar-refractivity contribution in [3.05, 3.63) is 56.1 Å². The van der Waals surface area contributed by atoms with E-state index in [1.54, 1.807) is 18.4 Å². The van der Waals surface area contributed by atoms with Crippen molar-refractivity contribution in [1.82, 2.24) is 14.8 Å². The average Bonchev–Trinajstić information content (AvgIpc) is 3.20. The summed E-state index contributed by atoms with van der Waals surface area (Å²) in [6.45, 7) is 4.00. The van der Waals surface area contributed by atoms with Gasteiger partial charge in [0.2, 0.25) is 5.91 Å². The van der Waals surface area contributed by atoms with Crippen LogP contribution in [0, 0.1) is 0 Å². The molecule has 29 heavy (non-hydrogen) atoms. The van der Waals surface area contributed by atoms with E-state index in [2.05, 4.69) is 16.8 Å². The first-order valence-corrected chi connectivity index (χ1v) is 10.8. The topological polar surface area (TPSA) is 80.6 Å². The largest absolute Gasteiger partial charge is 0.383 e. The van der Waals surface area contributed by atoms with Crippen LogP contribution in [0.4, 0.5) is 0 Å². The Morgan fingerprint density at radius 3 is 2.90 bits per heavy atom. The zero-order valence-electron chi connectivity index (χ0n) is 16.8. The summed E-state index contributed by atoms with van der Waals surface area (Å²) >= 11 is 1.73. The van der Waals surface area contributed by atoms with Gasteiger partial charge in [0.1, 0.15) is 6.04 Å². The van der Waals surface area contributed by atoms with E-state index in [4.69, 9.17) is 4.74 Å². The second-order valence-electron chi connectivity index (χ2n) is 7.14. The minimum absolute atomic E-state index is 0.0512. The molecule has 2 aromatic heterocycles. The monoisotopic (exact) mass is 417 g/mol. The molecule has 2 amide bonds. The van der Waals surface area contributed by atoms with Gasteiger partial charge >= 0.3 is 0 Å². The first kappa shape index (κ1) is 21.3. The second kappa shape index (κ2) is 9.84. The van der Waals surface area contributed by atoms with E-state index in [0.29, 0.717) is 38.2 Å². The Kier molecular flexibility index (Phi) is 7.22. The maximum atomic E-state index is 13.1. The van der Waals surface area contributed by atoms with Crippen molar-refractivity contribution in [3.8, 4) is 0 Å². The minimum Gasteiger partial charge on any atom is -0.383 e. The number of amides is 2. The molecule has 1 atom stereocenters. The van der Waals surface area contributed by atoms with Crippen molar-refractivity contribution < 1.29 is 14.3 Å². The van der Waals surface area contributed by atoms with Gasteiger partial charge in [-0.3, -0.25) is 14.4 Å². The van der Waals surface area contributed by atoms with Gasteiger partial charge in [0.25, 0.3) is 11.5 Å². The summed E-state index contributed by atoms with van der Waals surface area (Å²) < 4.78 is 6.45. The number of aromatic nitrogens is 1. The van der Waals surface area contributed by atoms with Crippen molar-refractivity contribution in [1.29, 1.82) is 0 Å². The summed E-state index contributed by atoms with van der Waals surface area (Å²) in [5.74, 6) is -0.402. The molecule has 0 aliphatic carbocycles. The third-order valence-electron chi connectivity index (χ3n) is 5.08. The predicted molar refractivity (Wildman–Crippen MR) is 112 cm³/mol. The maximum absolute atomic E-state index is 13.1. The fourth-order valence-corrected chi connectivity index (χ4v) is 4.36. The van der Waals surface area contributed by atoms with Crippen LogP contribution in [0.25, 0.3) is 0 Å². The molecule has 0 spiro atoms. The number of ether oxygens (including phenoxy) is 1. The van der Waals surface area contributed by atoms with Gasteiger partial charge < -0.3 is 19.5 Å². The number of nitrogens with one attached hydrogen (secondary N) is 1. The molecule has 8 heteroatoms. The Morgan fingerprint density at radius 1 is 1.31 bits per heavy atom. The molecule has 0 saturated heterocycles. The van der Waals surface area contributed by atoms with Crippen molar-refractivity contribution in [3.63, 3.8) is 0 Å². The van der Waals surface area contributed by atoms with E-state index in [9.17, 15) is 14.4 Å². The molecule has 1 aliphatic rings. The van der Waals surface area contributed by atoms with Crippen molar-refractivity contribution in [2.24, 2.45) is 0 Å². The molecule has 1 aliphatic heterocycles. The lowest BCUT2D eigenvalue weighted by atomic mass is 10.1. The number of fused-ring (bicyclic) bond motifs is 1. The van der Waals surface area contributed by atoms with Crippen molar-refractivity contribution in [2.75, 3.05) is 20.3 Å². The zero-order valence-corrected chi connectivity index (χ0v) is 17.7. The van der Waals surface area contributed by atoms with Gasteiger partial charge in [-0.1, -0.05) is 13.3 Å². The molecule has 7 nitrogen and oxygen atoms in total. The van der Waals surface area contributed by atoms with Crippen LogP contribution in [-0.4, -0.2) is 47.6 Å². The molecule has 0 aromatic carbocycles. The fourth-order valence-electron chi connectivity index (χ4n) is 3.47. The van der Waals surface area contributed by atoms with Crippen LogP contribution in [0.2, 0.25) is 0 Å². The Balaban J connectivity index is 1.70. The summed E-state index contributed by atoms with van der Waals surface area (Å²) in [5.41, 5.74) is 1.36. The van der Waals surface area contributed by atoms with Crippen LogP contribution in [0.15, 0.2) is 34.6 Å². The zero-order chi connectivity index (χ0) is 20.8. The summed E-state index contributed by atoms with van der Waals surface area (Å²) in [6.07, 6.45) is 3.72. The second-order valence-corrected chi connectivity index (χ2v) is 8.14. The Bertz CT molecular complexity index is 921. The van der Waals surface area contributed by atoms with Gasteiger partial charge in [-0.15, -0.1) is 11.3 Å². The van der Waals surface area contributed by atoms with Gasteiger partial charge in [0.15, 0.2) is 0 Å². The van der Waals surface area contributed by atoms with E-state index >= 15 is 0 Å². The highest BCUT2D eigenvalue weighted by Crippen LogP contribution is 2.24. The van der Waals surface area contributed by atoms with Crippen LogP contribution in [0.3, 0.4) is 0 Å². The van der Waals surface area contributed by atoms with Crippen LogP contribution >= 0.6 is 11.3 Å². The van der Waals surface area contributed by atoms with Gasteiger partial charge in [0, 0.05) is 43.9 Å². The van der Waals surface area contributed by atoms with E-state index in [1.807, 2.05) is 11.8 Å². The standard InChI is InChI=1S/C21H27N3O4S/c1-3-4-17(21(27)24-9-7-18-15(13-24)8-12-29-18)22-20(26)16-5-6-19(25)23(14-16)10-11-28-2/h5-6,8,12,14,17H,3-4,7,9-11,13H2,1-2H3,(H,22,26). The van der Waals surface area contributed by atoms with Gasteiger partial charge in [-0.25, -0.2) is 0 Å². The lowest BCUT2D eigenvalue weighted by molar-refractivity contribution is -0.134. The predicted octanol–water partition coefficient (Wildman–Crippen LogP) is 2.04. The molecular formula is C21H27N3O4S. The smallest absolute Gasteiger partial charge is 0.253 e. The van der Waals surface area contributed by atoms with E-state index in [0.717, 1.165) is 12.8 Å². The first-order chi connectivity index (χ1) is 14.0. The number of thiophene rings is 1. The quantitative estimate of drug-likeness (QED) is 0.713. The number of nitrogens with zero attached hydrogens (tertiary/aromatic N) is 2. The van der Waals surface area contributed by atoms with Gasteiger partial charge in [-0.2, -0.15) is 0 Å². The van der Waals surface area contributed by atoms with Crippen LogP contribution in [0.1, 0.15) is 40.6 Å². The van der Waals surface area contributed by atoms with Crippen molar-refractivity contribution >= 4 is 23.2 Å². The lowest BCUT2D eigenvalue weighted by Gasteiger charge is -2.31. The Hall–Kier alpha value is -2.45. The molecule has 0 fully saturated rings. The van der Waals surface area contributed by atoms with E-state index < -0.39 is 6.04 Å². The number of hydrogen-bond donors (Lipinski definition) is 1. The summed E-state index contributed by atoms with van der Waals surface area (Å²) in [4.78, 5) is 41.0. The molecule has 3 rings (SSSR count). The molecule has 1 N–H and O–H groups in total. The number of pyridine rings is 1. The third kappa shape index (κ3) is 5.13. The number of hydrogen-bond acceptors (Lipinski definition) is 5. The number of methoxy groups -OCH3 is 1. The SMILES string of the molecule is CCCC(NC(=O)c1ccc(=O)n(CCOC)c1)C(=O)N1CCc2sccc2C1. The van der Waals surface area contributed by atoms with Crippen LogP contribution in [0.5, 0.6) is 0 Å². The normalized spacial score (nSPS) is 14.3. The highest BCUT2D eigenvalue weighted by Gasteiger charge is 2.28.